The van der Waals surface area contributed by atoms with Crippen molar-refractivity contribution in [3.05, 3.63) is 0 Å². The van der Waals surface area contributed by atoms with Gasteiger partial charge >= 0.3 is 5.97 Å². The Morgan fingerprint density at radius 3 is 2.70 bits per heavy atom. The van der Waals surface area contributed by atoms with Crippen LogP contribution in [0.15, 0.2) is 0 Å². The van der Waals surface area contributed by atoms with E-state index < -0.39 is 12.0 Å². The van der Waals surface area contributed by atoms with Crippen molar-refractivity contribution >= 4 is 17.8 Å². The van der Waals surface area contributed by atoms with E-state index in [1.165, 1.54) is 14.0 Å². The number of amides is 2. The van der Waals surface area contributed by atoms with Gasteiger partial charge in [0.05, 0.1) is 5.92 Å². The standard InChI is InChI=1S/C13H22N2O5/c1-9(16)15-6-3-4-10(8-15)12(17)14-11(13(18)19)5-7-20-2/h10-11H,3-8H2,1-2H3,(H,14,17)(H,18,19). The van der Waals surface area contributed by atoms with Crippen LogP contribution in [0.3, 0.4) is 0 Å². The van der Waals surface area contributed by atoms with Gasteiger partial charge in [-0.2, -0.15) is 0 Å². The molecule has 7 heteroatoms. The normalized spacial score (nSPS) is 20.3. The number of aliphatic carboxylic acids is 1. The quantitative estimate of drug-likeness (QED) is 0.708. The van der Waals surface area contributed by atoms with Crippen molar-refractivity contribution < 1.29 is 24.2 Å². The Labute approximate surface area is 118 Å². The summed E-state index contributed by atoms with van der Waals surface area (Å²) in [5, 5.41) is 11.6. The van der Waals surface area contributed by atoms with E-state index in [0.29, 0.717) is 19.5 Å². The van der Waals surface area contributed by atoms with Gasteiger partial charge < -0.3 is 20.1 Å². The summed E-state index contributed by atoms with van der Waals surface area (Å²) < 4.78 is 4.83. The summed E-state index contributed by atoms with van der Waals surface area (Å²) in [4.78, 5) is 36.1. The summed E-state index contributed by atoms with van der Waals surface area (Å²) in [6.07, 6.45) is 1.65. The molecule has 1 rings (SSSR count). The molecular weight excluding hydrogens is 264 g/mol. The van der Waals surface area contributed by atoms with Crippen LogP contribution in [0.2, 0.25) is 0 Å². The Bertz CT molecular complexity index is 372. The monoisotopic (exact) mass is 286 g/mol. The fraction of sp³-hybridized carbons (Fsp3) is 0.769. The minimum atomic E-state index is -1.07. The summed E-state index contributed by atoms with van der Waals surface area (Å²) in [5.41, 5.74) is 0. The molecule has 0 aromatic carbocycles. The minimum Gasteiger partial charge on any atom is -0.480 e. The predicted octanol–water partition coefficient (Wildman–Crippen LogP) is -0.149. The smallest absolute Gasteiger partial charge is 0.326 e. The molecule has 0 radical (unpaired) electrons. The van der Waals surface area contributed by atoms with E-state index in [0.717, 1.165) is 6.42 Å². The molecule has 0 aliphatic carbocycles. The highest BCUT2D eigenvalue weighted by Gasteiger charge is 2.29. The van der Waals surface area contributed by atoms with Crippen molar-refractivity contribution in [2.45, 2.75) is 32.2 Å². The number of methoxy groups -OCH3 is 1. The fourth-order valence-electron chi connectivity index (χ4n) is 2.26. The molecule has 2 unspecified atom stereocenters. The van der Waals surface area contributed by atoms with Crippen molar-refractivity contribution in [2.24, 2.45) is 5.92 Å². The number of piperidine rings is 1. The molecule has 2 atom stereocenters. The zero-order valence-corrected chi connectivity index (χ0v) is 11.9. The lowest BCUT2D eigenvalue weighted by Gasteiger charge is -2.31. The molecule has 2 amide bonds. The Morgan fingerprint density at radius 2 is 2.15 bits per heavy atom. The lowest BCUT2D eigenvalue weighted by molar-refractivity contribution is -0.144. The fourth-order valence-corrected chi connectivity index (χ4v) is 2.26. The first kappa shape index (κ1) is 16.4. The second kappa shape index (κ2) is 7.84. The van der Waals surface area contributed by atoms with Gasteiger partial charge in [0, 0.05) is 40.2 Å². The first-order chi connectivity index (χ1) is 9.45. The number of carbonyl (C=O) groups is 3. The second-order valence-corrected chi connectivity index (χ2v) is 4.99. The van der Waals surface area contributed by atoms with Crippen LogP contribution in [0.1, 0.15) is 26.2 Å². The van der Waals surface area contributed by atoms with Gasteiger partial charge in [0.25, 0.3) is 0 Å². The average Bonchev–Trinajstić information content (AvgIpc) is 2.42. The number of nitrogens with one attached hydrogen (secondary N) is 1. The molecule has 1 saturated heterocycles. The first-order valence-corrected chi connectivity index (χ1v) is 6.73. The lowest BCUT2D eigenvalue weighted by atomic mass is 9.96. The molecule has 1 heterocycles. The third kappa shape index (κ3) is 4.80. The molecule has 1 aliphatic heterocycles. The maximum absolute atomic E-state index is 12.1. The maximum atomic E-state index is 12.1. The van der Waals surface area contributed by atoms with Gasteiger partial charge in [0.2, 0.25) is 11.8 Å². The highest BCUT2D eigenvalue weighted by molar-refractivity contribution is 5.85. The number of ether oxygens (including phenoxy) is 1. The molecular formula is C13H22N2O5. The van der Waals surface area contributed by atoms with Crippen LogP contribution in [-0.4, -0.2) is 60.6 Å². The van der Waals surface area contributed by atoms with Gasteiger partial charge in [0.15, 0.2) is 0 Å². The van der Waals surface area contributed by atoms with Gasteiger partial charge in [-0.05, 0) is 12.8 Å². The van der Waals surface area contributed by atoms with Crippen LogP contribution in [0, 0.1) is 5.92 Å². The molecule has 0 spiro atoms. The van der Waals surface area contributed by atoms with E-state index >= 15 is 0 Å². The number of hydrogen-bond acceptors (Lipinski definition) is 4. The molecule has 1 fully saturated rings. The van der Waals surface area contributed by atoms with E-state index in [-0.39, 0.29) is 30.8 Å². The Hall–Kier alpha value is -1.63. The van der Waals surface area contributed by atoms with E-state index in [4.69, 9.17) is 9.84 Å². The van der Waals surface area contributed by atoms with Gasteiger partial charge in [-0.1, -0.05) is 0 Å². The van der Waals surface area contributed by atoms with Crippen molar-refractivity contribution in [1.82, 2.24) is 10.2 Å². The maximum Gasteiger partial charge on any atom is 0.326 e. The zero-order valence-electron chi connectivity index (χ0n) is 11.9. The summed E-state index contributed by atoms with van der Waals surface area (Å²) in [6.45, 7) is 2.75. The van der Waals surface area contributed by atoms with Gasteiger partial charge in [-0.3, -0.25) is 9.59 Å². The van der Waals surface area contributed by atoms with E-state index in [9.17, 15) is 14.4 Å². The molecule has 2 N–H and O–H groups in total. The highest BCUT2D eigenvalue weighted by Crippen LogP contribution is 2.17. The molecule has 0 saturated carbocycles. The number of rotatable bonds is 6. The van der Waals surface area contributed by atoms with Crippen molar-refractivity contribution in [3.63, 3.8) is 0 Å². The number of likely N-dealkylation sites (tertiary alicyclic amines) is 1. The molecule has 0 bridgehead atoms. The van der Waals surface area contributed by atoms with Crippen molar-refractivity contribution in [1.29, 1.82) is 0 Å². The van der Waals surface area contributed by atoms with Crippen LogP contribution in [-0.2, 0) is 19.1 Å². The third-order valence-electron chi connectivity index (χ3n) is 3.46. The molecule has 7 nitrogen and oxygen atoms in total. The minimum absolute atomic E-state index is 0.0586. The molecule has 0 aromatic rings. The van der Waals surface area contributed by atoms with Crippen LogP contribution >= 0.6 is 0 Å². The number of carboxylic acids is 1. The van der Waals surface area contributed by atoms with E-state index in [2.05, 4.69) is 5.32 Å². The summed E-state index contributed by atoms with van der Waals surface area (Å²) >= 11 is 0. The Morgan fingerprint density at radius 1 is 1.45 bits per heavy atom. The van der Waals surface area contributed by atoms with Gasteiger partial charge in [-0.25, -0.2) is 4.79 Å². The number of hydrogen-bond donors (Lipinski definition) is 2. The van der Waals surface area contributed by atoms with Crippen molar-refractivity contribution in [3.8, 4) is 0 Å². The SMILES string of the molecule is COCCC(NC(=O)C1CCCN(C(C)=O)C1)C(=O)O. The summed E-state index contributed by atoms with van der Waals surface area (Å²) in [7, 11) is 1.48. The second-order valence-electron chi connectivity index (χ2n) is 4.99. The number of carboxylic acid groups (broad SMARTS) is 1. The average molecular weight is 286 g/mol. The van der Waals surface area contributed by atoms with Crippen LogP contribution in [0.4, 0.5) is 0 Å². The highest BCUT2D eigenvalue weighted by atomic mass is 16.5. The van der Waals surface area contributed by atoms with Crippen LogP contribution in [0.5, 0.6) is 0 Å². The number of nitrogens with zero attached hydrogens (tertiary/aromatic N) is 1. The predicted molar refractivity (Wildman–Crippen MR) is 71.0 cm³/mol. The number of carbonyl (C=O) groups excluding carboxylic acids is 2. The van der Waals surface area contributed by atoms with Crippen LogP contribution < -0.4 is 5.32 Å². The topological polar surface area (TPSA) is 95.9 Å². The largest absolute Gasteiger partial charge is 0.480 e. The molecule has 1 aliphatic rings. The lowest BCUT2D eigenvalue weighted by Crippen LogP contribution is -2.49. The molecule has 114 valence electrons. The Balaban J connectivity index is 2.55. The first-order valence-electron chi connectivity index (χ1n) is 6.73. The summed E-state index contributed by atoms with van der Waals surface area (Å²) in [6, 6.07) is -0.949. The molecule has 20 heavy (non-hydrogen) atoms. The van der Waals surface area contributed by atoms with Gasteiger partial charge in [0.1, 0.15) is 6.04 Å². The Kier molecular flexibility index (Phi) is 6.44. The zero-order chi connectivity index (χ0) is 15.1. The van der Waals surface area contributed by atoms with E-state index in [1.807, 2.05) is 0 Å². The molecule has 0 aromatic heterocycles. The van der Waals surface area contributed by atoms with Gasteiger partial charge in [-0.15, -0.1) is 0 Å². The van der Waals surface area contributed by atoms with Crippen molar-refractivity contribution in [2.75, 3.05) is 26.8 Å². The van der Waals surface area contributed by atoms with Crippen LogP contribution in [0.25, 0.3) is 0 Å². The third-order valence-corrected chi connectivity index (χ3v) is 3.46. The summed E-state index contributed by atoms with van der Waals surface area (Å²) in [5.74, 6) is -1.78. The van der Waals surface area contributed by atoms with E-state index in [1.54, 1.807) is 4.90 Å².